The second-order valence-electron chi connectivity index (χ2n) is 4.81. The van der Waals surface area contributed by atoms with E-state index >= 15 is 0 Å². The van der Waals surface area contributed by atoms with Crippen molar-refractivity contribution in [2.24, 2.45) is 5.73 Å². The summed E-state index contributed by atoms with van der Waals surface area (Å²) in [4.78, 5) is 0. The average molecular weight is 338 g/mol. The van der Waals surface area contributed by atoms with Gasteiger partial charge >= 0.3 is 0 Å². The van der Waals surface area contributed by atoms with Crippen LogP contribution >= 0.6 is 15.9 Å². The molecular formula is C15H20BrN3O. The molecule has 0 saturated carbocycles. The highest BCUT2D eigenvalue weighted by Gasteiger charge is 2.14. The summed E-state index contributed by atoms with van der Waals surface area (Å²) >= 11 is 3.50. The predicted molar refractivity (Wildman–Crippen MR) is 84.0 cm³/mol. The molecule has 4 nitrogen and oxygen atoms in total. The lowest BCUT2D eigenvalue weighted by atomic mass is 10.0. The van der Waals surface area contributed by atoms with Crippen molar-refractivity contribution in [1.29, 1.82) is 0 Å². The van der Waals surface area contributed by atoms with E-state index in [0.717, 1.165) is 34.6 Å². The topological polar surface area (TPSA) is 53.1 Å². The standard InChI is InChI=1S/C15H20BrN3O/c1-4-19-14(7-10(2)18-19)13(17)9-11-5-6-15(20-3)12(16)8-11/h5-8,13H,4,9,17H2,1-3H3. The minimum atomic E-state index is -0.0588. The summed E-state index contributed by atoms with van der Waals surface area (Å²) in [5.74, 6) is 0.830. The fraction of sp³-hybridized carbons (Fsp3) is 0.400. The highest BCUT2D eigenvalue weighted by Crippen LogP contribution is 2.27. The van der Waals surface area contributed by atoms with Crippen LogP contribution < -0.4 is 10.5 Å². The van der Waals surface area contributed by atoms with E-state index in [1.807, 2.05) is 23.7 Å². The molecule has 5 heteroatoms. The van der Waals surface area contributed by atoms with E-state index in [0.29, 0.717) is 0 Å². The number of hydrogen-bond donors (Lipinski definition) is 1. The summed E-state index contributed by atoms with van der Waals surface area (Å²) in [5.41, 5.74) is 9.59. The van der Waals surface area contributed by atoms with Crippen molar-refractivity contribution in [3.8, 4) is 5.75 Å². The van der Waals surface area contributed by atoms with Crippen LogP contribution in [0.15, 0.2) is 28.7 Å². The minimum absolute atomic E-state index is 0.0588. The van der Waals surface area contributed by atoms with Crippen LogP contribution in [0.2, 0.25) is 0 Å². The van der Waals surface area contributed by atoms with Gasteiger partial charge < -0.3 is 10.5 Å². The number of aromatic nitrogens is 2. The monoisotopic (exact) mass is 337 g/mol. The zero-order valence-electron chi connectivity index (χ0n) is 12.1. The fourth-order valence-corrected chi connectivity index (χ4v) is 2.90. The number of nitrogens with zero attached hydrogens (tertiary/aromatic N) is 2. The molecular weight excluding hydrogens is 318 g/mol. The van der Waals surface area contributed by atoms with Crippen molar-refractivity contribution in [2.45, 2.75) is 32.9 Å². The Hall–Kier alpha value is -1.33. The number of methoxy groups -OCH3 is 1. The predicted octanol–water partition coefficient (Wildman–Crippen LogP) is 3.23. The molecule has 0 saturated heterocycles. The van der Waals surface area contributed by atoms with Crippen LogP contribution in [-0.4, -0.2) is 16.9 Å². The van der Waals surface area contributed by atoms with Gasteiger partial charge in [-0.05, 0) is 60.0 Å². The minimum Gasteiger partial charge on any atom is -0.496 e. The lowest BCUT2D eigenvalue weighted by Gasteiger charge is -2.14. The Labute approximate surface area is 128 Å². The van der Waals surface area contributed by atoms with Crippen LogP contribution in [0, 0.1) is 6.92 Å². The third-order valence-electron chi connectivity index (χ3n) is 3.28. The van der Waals surface area contributed by atoms with Crippen LogP contribution in [0.25, 0.3) is 0 Å². The molecule has 0 bridgehead atoms. The largest absolute Gasteiger partial charge is 0.496 e. The van der Waals surface area contributed by atoms with Crippen LogP contribution in [0.3, 0.4) is 0 Å². The number of nitrogens with two attached hydrogens (primary N) is 1. The van der Waals surface area contributed by atoms with Gasteiger partial charge in [-0.2, -0.15) is 5.10 Å². The zero-order valence-corrected chi connectivity index (χ0v) is 13.6. The van der Waals surface area contributed by atoms with Gasteiger partial charge in [0, 0.05) is 6.54 Å². The maximum absolute atomic E-state index is 6.33. The van der Waals surface area contributed by atoms with E-state index in [1.165, 1.54) is 5.56 Å². The van der Waals surface area contributed by atoms with Crippen LogP contribution in [0.1, 0.15) is 29.9 Å². The summed E-state index contributed by atoms with van der Waals surface area (Å²) in [6.07, 6.45) is 0.772. The SMILES string of the molecule is CCn1nc(C)cc1C(N)Cc1ccc(OC)c(Br)c1. The Morgan fingerprint density at radius 1 is 1.40 bits per heavy atom. The molecule has 1 heterocycles. The van der Waals surface area contributed by atoms with E-state index < -0.39 is 0 Å². The molecule has 2 aromatic rings. The molecule has 1 unspecified atom stereocenters. The molecule has 2 rings (SSSR count). The summed E-state index contributed by atoms with van der Waals surface area (Å²) in [5, 5.41) is 4.44. The summed E-state index contributed by atoms with van der Waals surface area (Å²) < 4.78 is 8.16. The second-order valence-corrected chi connectivity index (χ2v) is 5.66. The van der Waals surface area contributed by atoms with Gasteiger partial charge in [-0.15, -0.1) is 0 Å². The molecule has 0 radical (unpaired) electrons. The molecule has 0 aliphatic rings. The molecule has 20 heavy (non-hydrogen) atoms. The van der Waals surface area contributed by atoms with Gasteiger partial charge in [-0.3, -0.25) is 4.68 Å². The number of benzene rings is 1. The second kappa shape index (κ2) is 6.41. The molecule has 0 amide bonds. The van der Waals surface area contributed by atoms with E-state index in [-0.39, 0.29) is 6.04 Å². The molecule has 1 atom stereocenters. The number of hydrogen-bond acceptors (Lipinski definition) is 3. The van der Waals surface area contributed by atoms with Gasteiger partial charge in [0.25, 0.3) is 0 Å². The first-order valence-electron chi connectivity index (χ1n) is 6.67. The molecule has 0 fully saturated rings. The Balaban J connectivity index is 2.18. The first-order valence-corrected chi connectivity index (χ1v) is 7.46. The average Bonchev–Trinajstić information content (AvgIpc) is 2.80. The number of ether oxygens (including phenoxy) is 1. The van der Waals surface area contributed by atoms with Crippen LogP contribution in [0.4, 0.5) is 0 Å². The molecule has 0 aliphatic heterocycles. The highest BCUT2D eigenvalue weighted by molar-refractivity contribution is 9.10. The van der Waals surface area contributed by atoms with E-state index in [4.69, 9.17) is 10.5 Å². The molecule has 2 N–H and O–H groups in total. The number of aryl methyl sites for hydroxylation is 2. The van der Waals surface area contributed by atoms with Gasteiger partial charge in [-0.25, -0.2) is 0 Å². The Morgan fingerprint density at radius 3 is 2.75 bits per heavy atom. The van der Waals surface area contributed by atoms with Gasteiger partial charge in [0.1, 0.15) is 5.75 Å². The van der Waals surface area contributed by atoms with Crippen molar-refractivity contribution in [2.75, 3.05) is 7.11 Å². The summed E-state index contributed by atoms with van der Waals surface area (Å²) in [6.45, 7) is 4.90. The first-order chi connectivity index (χ1) is 9.55. The lowest BCUT2D eigenvalue weighted by molar-refractivity contribution is 0.412. The van der Waals surface area contributed by atoms with Crippen LogP contribution in [0.5, 0.6) is 5.75 Å². The molecule has 1 aromatic carbocycles. The van der Waals surface area contributed by atoms with E-state index in [1.54, 1.807) is 7.11 Å². The van der Waals surface area contributed by atoms with Crippen molar-refractivity contribution < 1.29 is 4.74 Å². The van der Waals surface area contributed by atoms with Gasteiger partial charge in [0.05, 0.1) is 29.0 Å². The highest BCUT2D eigenvalue weighted by atomic mass is 79.9. The molecule has 108 valence electrons. The Morgan fingerprint density at radius 2 is 2.15 bits per heavy atom. The Bertz CT molecular complexity index is 595. The van der Waals surface area contributed by atoms with E-state index in [2.05, 4.69) is 40.1 Å². The number of halogens is 1. The maximum Gasteiger partial charge on any atom is 0.133 e. The van der Waals surface area contributed by atoms with Crippen LogP contribution in [-0.2, 0) is 13.0 Å². The van der Waals surface area contributed by atoms with E-state index in [9.17, 15) is 0 Å². The van der Waals surface area contributed by atoms with Crippen molar-refractivity contribution >= 4 is 15.9 Å². The first kappa shape index (κ1) is 15.1. The van der Waals surface area contributed by atoms with Crippen molar-refractivity contribution in [1.82, 2.24) is 9.78 Å². The molecule has 0 spiro atoms. The van der Waals surface area contributed by atoms with Gasteiger partial charge in [0.2, 0.25) is 0 Å². The van der Waals surface area contributed by atoms with Gasteiger partial charge in [-0.1, -0.05) is 6.07 Å². The molecule has 1 aromatic heterocycles. The van der Waals surface area contributed by atoms with Gasteiger partial charge in [0.15, 0.2) is 0 Å². The molecule has 0 aliphatic carbocycles. The number of rotatable bonds is 5. The smallest absolute Gasteiger partial charge is 0.133 e. The summed E-state index contributed by atoms with van der Waals surface area (Å²) in [6, 6.07) is 8.05. The quantitative estimate of drug-likeness (QED) is 0.911. The summed E-state index contributed by atoms with van der Waals surface area (Å²) in [7, 11) is 1.66. The maximum atomic E-state index is 6.33. The normalized spacial score (nSPS) is 12.4. The van der Waals surface area contributed by atoms with Crippen molar-refractivity contribution in [3.63, 3.8) is 0 Å². The Kier molecular flexibility index (Phi) is 4.83. The third kappa shape index (κ3) is 3.22. The third-order valence-corrected chi connectivity index (χ3v) is 3.90. The fourth-order valence-electron chi connectivity index (χ4n) is 2.31. The lowest BCUT2D eigenvalue weighted by Crippen LogP contribution is -2.18. The van der Waals surface area contributed by atoms with Crippen molar-refractivity contribution in [3.05, 3.63) is 45.7 Å². The zero-order chi connectivity index (χ0) is 14.7.